The predicted octanol–water partition coefficient (Wildman–Crippen LogP) is 11.5. The predicted molar refractivity (Wildman–Crippen MR) is 173 cm³/mol. The lowest BCUT2D eigenvalue weighted by Crippen LogP contribution is -2.07. The molecule has 0 aliphatic heterocycles. The number of carbonyl (C=O) groups is 1. The topological polar surface area (TPSA) is 35.5 Å². The zero-order valence-electron chi connectivity index (χ0n) is 25.8. The summed E-state index contributed by atoms with van der Waals surface area (Å²) in [5, 5.41) is 0. The van der Waals surface area contributed by atoms with Gasteiger partial charge in [0.15, 0.2) is 0 Å². The van der Waals surface area contributed by atoms with Crippen LogP contribution in [0.3, 0.4) is 0 Å². The van der Waals surface area contributed by atoms with Crippen LogP contribution >= 0.6 is 0 Å². The maximum absolute atomic E-state index is 11.7. The van der Waals surface area contributed by atoms with E-state index >= 15 is 0 Å². The normalized spacial score (nSPS) is 11.8. The molecule has 3 aromatic carbocycles. The lowest BCUT2D eigenvalue weighted by atomic mass is 9.94. The fourth-order valence-electron chi connectivity index (χ4n) is 5.31. The Hall–Kier alpha value is -3.07. The Morgan fingerprint density at radius 3 is 1.56 bits per heavy atom. The molecule has 1 unspecified atom stereocenters. The molecule has 0 saturated heterocycles. The Kier molecular flexibility index (Phi) is 15.1. The number of unbranched alkanes of at least 4 members (excludes halogenated alkanes) is 12. The summed E-state index contributed by atoms with van der Waals surface area (Å²) >= 11 is 0. The van der Waals surface area contributed by atoms with E-state index < -0.39 is 0 Å². The Bertz CT molecular complexity index is 1120. The molecule has 0 heterocycles. The van der Waals surface area contributed by atoms with Crippen molar-refractivity contribution in [2.75, 3.05) is 6.61 Å². The van der Waals surface area contributed by atoms with E-state index in [4.69, 9.17) is 9.47 Å². The fraction of sp³-hybridized carbons (Fsp3) is 0.500. The van der Waals surface area contributed by atoms with Crippen molar-refractivity contribution in [2.45, 2.75) is 117 Å². The van der Waals surface area contributed by atoms with Crippen molar-refractivity contribution in [2.24, 2.45) is 0 Å². The molecule has 222 valence electrons. The molecule has 0 aliphatic rings. The lowest BCUT2D eigenvalue weighted by Gasteiger charge is -2.15. The van der Waals surface area contributed by atoms with Crippen molar-refractivity contribution < 1.29 is 14.3 Å². The SMILES string of the molecule is CCCCCCCCCCCCCCCOc1ccc(-c2ccccc2-c2ccc(C(C)OC(=O)CC)cc2)cc1. The van der Waals surface area contributed by atoms with Crippen LogP contribution in [0.5, 0.6) is 5.75 Å². The van der Waals surface area contributed by atoms with Crippen molar-refractivity contribution in [1.29, 1.82) is 0 Å². The minimum absolute atomic E-state index is 0.177. The molecule has 0 radical (unpaired) electrons. The third-order valence-electron chi connectivity index (χ3n) is 7.90. The highest BCUT2D eigenvalue weighted by Crippen LogP contribution is 2.33. The Morgan fingerprint density at radius 1 is 0.610 bits per heavy atom. The molecule has 0 spiro atoms. The highest BCUT2D eigenvalue weighted by Gasteiger charge is 2.12. The largest absolute Gasteiger partial charge is 0.494 e. The standard InChI is InChI=1S/C38H52O3/c1-4-6-7-8-9-10-11-12-13-14-15-16-19-30-40-35-28-26-34(27-29-35)37-21-18-17-20-36(37)33-24-22-32(23-25-33)31(3)41-38(39)5-2/h17-18,20-29,31H,4-16,19,30H2,1-3H3. The monoisotopic (exact) mass is 556 g/mol. The van der Waals surface area contributed by atoms with Crippen molar-refractivity contribution >= 4 is 5.97 Å². The van der Waals surface area contributed by atoms with Gasteiger partial charge in [-0.3, -0.25) is 4.79 Å². The highest BCUT2D eigenvalue weighted by atomic mass is 16.5. The van der Waals surface area contributed by atoms with E-state index in [1.807, 2.05) is 26.0 Å². The minimum atomic E-state index is -0.251. The van der Waals surface area contributed by atoms with Gasteiger partial charge < -0.3 is 9.47 Å². The Labute approximate surface area is 249 Å². The molecular formula is C38H52O3. The summed E-state index contributed by atoms with van der Waals surface area (Å²) in [7, 11) is 0. The molecule has 3 heteroatoms. The Balaban J connectivity index is 1.39. The van der Waals surface area contributed by atoms with Crippen molar-refractivity contribution in [3.8, 4) is 28.0 Å². The van der Waals surface area contributed by atoms with Crippen LogP contribution in [-0.2, 0) is 9.53 Å². The summed E-state index contributed by atoms with van der Waals surface area (Å²) in [5.41, 5.74) is 5.68. The smallest absolute Gasteiger partial charge is 0.306 e. The van der Waals surface area contributed by atoms with Gasteiger partial charge in [0.2, 0.25) is 0 Å². The molecule has 41 heavy (non-hydrogen) atoms. The van der Waals surface area contributed by atoms with Gasteiger partial charge in [-0.1, -0.05) is 152 Å². The van der Waals surface area contributed by atoms with Gasteiger partial charge >= 0.3 is 5.97 Å². The second kappa shape index (κ2) is 19.1. The molecule has 0 amide bonds. The van der Waals surface area contributed by atoms with E-state index in [2.05, 4.69) is 67.6 Å². The first-order valence-corrected chi connectivity index (χ1v) is 16.2. The number of carbonyl (C=O) groups excluding carboxylic acids is 1. The van der Waals surface area contributed by atoms with E-state index in [-0.39, 0.29) is 12.1 Å². The van der Waals surface area contributed by atoms with Gasteiger partial charge in [0.25, 0.3) is 0 Å². The van der Waals surface area contributed by atoms with Crippen LogP contribution in [-0.4, -0.2) is 12.6 Å². The zero-order valence-corrected chi connectivity index (χ0v) is 25.8. The van der Waals surface area contributed by atoms with Crippen LogP contribution < -0.4 is 4.74 Å². The summed E-state index contributed by atoms with van der Waals surface area (Å²) < 4.78 is 11.5. The fourth-order valence-corrected chi connectivity index (χ4v) is 5.31. The van der Waals surface area contributed by atoms with Crippen LogP contribution in [0.25, 0.3) is 22.3 Å². The number of rotatable bonds is 20. The number of hydrogen-bond acceptors (Lipinski definition) is 3. The highest BCUT2D eigenvalue weighted by molar-refractivity contribution is 5.83. The number of hydrogen-bond donors (Lipinski definition) is 0. The first-order valence-electron chi connectivity index (χ1n) is 16.2. The number of ether oxygens (including phenoxy) is 2. The van der Waals surface area contributed by atoms with E-state index in [1.54, 1.807) is 0 Å². The quantitative estimate of drug-likeness (QED) is 0.103. The molecule has 1 atom stereocenters. The second-order valence-electron chi connectivity index (χ2n) is 11.3. The van der Waals surface area contributed by atoms with Crippen LogP contribution in [0.1, 0.15) is 122 Å². The van der Waals surface area contributed by atoms with Gasteiger partial charge in [-0.25, -0.2) is 0 Å². The van der Waals surface area contributed by atoms with Crippen LogP contribution in [0.4, 0.5) is 0 Å². The van der Waals surface area contributed by atoms with Gasteiger partial charge in [0.05, 0.1) is 6.61 Å². The first kappa shape index (κ1) is 32.4. The molecule has 0 aliphatic carbocycles. The summed E-state index contributed by atoms with van der Waals surface area (Å²) in [6, 6.07) is 25.3. The minimum Gasteiger partial charge on any atom is -0.494 e. The molecular weight excluding hydrogens is 504 g/mol. The summed E-state index contributed by atoms with van der Waals surface area (Å²) in [5.74, 6) is 0.758. The molecule has 3 rings (SSSR count). The molecule has 0 fully saturated rings. The van der Waals surface area contributed by atoms with Gasteiger partial charge in [-0.05, 0) is 53.3 Å². The molecule has 3 nitrogen and oxygen atoms in total. The lowest BCUT2D eigenvalue weighted by molar-refractivity contribution is -0.148. The molecule has 0 N–H and O–H groups in total. The van der Waals surface area contributed by atoms with E-state index in [9.17, 15) is 4.79 Å². The molecule has 0 bridgehead atoms. The summed E-state index contributed by atoms with van der Waals surface area (Å²) in [6.45, 7) is 6.80. The third-order valence-corrected chi connectivity index (χ3v) is 7.90. The number of esters is 1. The third kappa shape index (κ3) is 11.7. The van der Waals surface area contributed by atoms with E-state index in [1.165, 1.54) is 93.7 Å². The van der Waals surface area contributed by atoms with Crippen LogP contribution in [0.15, 0.2) is 72.8 Å². The first-order chi connectivity index (χ1) is 20.1. The van der Waals surface area contributed by atoms with E-state index in [0.29, 0.717) is 6.42 Å². The maximum atomic E-state index is 11.7. The van der Waals surface area contributed by atoms with Crippen LogP contribution in [0.2, 0.25) is 0 Å². The van der Waals surface area contributed by atoms with Crippen molar-refractivity contribution in [3.63, 3.8) is 0 Å². The van der Waals surface area contributed by atoms with Gasteiger partial charge in [-0.2, -0.15) is 0 Å². The summed E-state index contributed by atoms with van der Waals surface area (Å²) in [4.78, 5) is 11.7. The van der Waals surface area contributed by atoms with Gasteiger partial charge in [-0.15, -0.1) is 0 Å². The van der Waals surface area contributed by atoms with Crippen molar-refractivity contribution in [1.82, 2.24) is 0 Å². The summed E-state index contributed by atoms with van der Waals surface area (Å²) in [6.07, 6.45) is 17.8. The molecule has 3 aromatic rings. The molecule has 0 aromatic heterocycles. The average Bonchev–Trinajstić information content (AvgIpc) is 3.01. The average molecular weight is 557 g/mol. The van der Waals surface area contributed by atoms with Crippen LogP contribution in [0, 0.1) is 0 Å². The van der Waals surface area contributed by atoms with E-state index in [0.717, 1.165) is 29.9 Å². The maximum Gasteiger partial charge on any atom is 0.306 e. The zero-order chi connectivity index (χ0) is 29.1. The Morgan fingerprint density at radius 2 is 1.07 bits per heavy atom. The number of benzene rings is 3. The second-order valence-corrected chi connectivity index (χ2v) is 11.3. The van der Waals surface area contributed by atoms with Gasteiger partial charge in [0.1, 0.15) is 11.9 Å². The van der Waals surface area contributed by atoms with Gasteiger partial charge in [0, 0.05) is 6.42 Å². The molecule has 0 saturated carbocycles. The van der Waals surface area contributed by atoms with Crippen molar-refractivity contribution in [3.05, 3.63) is 78.4 Å².